The molecule has 1 aliphatic rings. The van der Waals surface area contributed by atoms with Gasteiger partial charge in [0, 0.05) is 43.1 Å². The van der Waals surface area contributed by atoms with E-state index in [9.17, 15) is 4.79 Å². The van der Waals surface area contributed by atoms with Gasteiger partial charge < -0.3 is 9.80 Å². The predicted octanol–water partition coefficient (Wildman–Crippen LogP) is 3.40. The number of piperazine rings is 1. The summed E-state index contributed by atoms with van der Waals surface area (Å²) in [4.78, 5) is 21.2. The third-order valence-corrected chi connectivity index (χ3v) is 5.59. The lowest BCUT2D eigenvalue weighted by Crippen LogP contribution is -2.49. The number of amides is 1. The maximum absolute atomic E-state index is 12.7. The van der Waals surface area contributed by atoms with Crippen LogP contribution in [0.1, 0.15) is 5.56 Å². The van der Waals surface area contributed by atoms with Gasteiger partial charge in [-0.2, -0.15) is 5.10 Å². The highest BCUT2D eigenvalue weighted by molar-refractivity contribution is 6.34. The van der Waals surface area contributed by atoms with Crippen molar-refractivity contribution in [1.29, 1.82) is 0 Å². The van der Waals surface area contributed by atoms with Crippen molar-refractivity contribution in [3.8, 4) is 0 Å². The van der Waals surface area contributed by atoms with Gasteiger partial charge in [-0.3, -0.25) is 4.79 Å². The van der Waals surface area contributed by atoms with E-state index in [-0.39, 0.29) is 12.5 Å². The summed E-state index contributed by atoms with van der Waals surface area (Å²) in [6.45, 7) is 5.04. The molecule has 0 N–H and O–H groups in total. The Bertz CT molecular complexity index is 995. The van der Waals surface area contributed by atoms with Crippen LogP contribution in [0.2, 0.25) is 10.2 Å². The molecular formula is C19H19Cl2N5O. The smallest absolute Gasteiger partial charge is 0.244 e. The lowest BCUT2D eigenvalue weighted by molar-refractivity contribution is -0.132. The summed E-state index contributed by atoms with van der Waals surface area (Å²) in [6, 6.07) is 9.69. The number of hydrogen-bond donors (Lipinski definition) is 0. The first kappa shape index (κ1) is 18.1. The lowest BCUT2D eigenvalue weighted by atomic mass is 10.2. The average Bonchev–Trinajstić information content (AvgIpc) is 3.00. The zero-order valence-electron chi connectivity index (χ0n) is 14.9. The molecule has 0 bridgehead atoms. The molecule has 1 saturated heterocycles. The normalized spacial score (nSPS) is 14.8. The van der Waals surface area contributed by atoms with Gasteiger partial charge in [-0.1, -0.05) is 23.2 Å². The molecular weight excluding hydrogens is 385 g/mol. The van der Waals surface area contributed by atoms with Crippen molar-refractivity contribution >= 4 is 45.8 Å². The van der Waals surface area contributed by atoms with E-state index >= 15 is 0 Å². The minimum atomic E-state index is 0.0219. The molecule has 27 heavy (non-hydrogen) atoms. The fraction of sp³-hybridized carbons (Fsp3) is 0.316. The van der Waals surface area contributed by atoms with Crippen LogP contribution in [0.5, 0.6) is 0 Å². The van der Waals surface area contributed by atoms with Crippen LogP contribution in [0.3, 0.4) is 0 Å². The highest BCUT2D eigenvalue weighted by Crippen LogP contribution is 2.24. The lowest BCUT2D eigenvalue weighted by Gasteiger charge is -2.36. The summed E-state index contributed by atoms with van der Waals surface area (Å²) < 4.78 is 1.58. The molecule has 0 radical (unpaired) electrons. The number of fused-ring (bicyclic) bond motifs is 1. The first-order valence-corrected chi connectivity index (χ1v) is 9.54. The number of rotatable bonds is 3. The Labute approximate surface area is 167 Å². The Morgan fingerprint density at radius 3 is 2.67 bits per heavy atom. The van der Waals surface area contributed by atoms with Crippen molar-refractivity contribution < 1.29 is 4.79 Å². The second kappa shape index (κ2) is 7.37. The van der Waals surface area contributed by atoms with Crippen molar-refractivity contribution in [3.63, 3.8) is 0 Å². The van der Waals surface area contributed by atoms with E-state index in [0.29, 0.717) is 23.9 Å². The van der Waals surface area contributed by atoms with E-state index in [0.717, 1.165) is 34.7 Å². The summed E-state index contributed by atoms with van der Waals surface area (Å²) in [5.74, 6) is 0.0219. The summed E-state index contributed by atoms with van der Waals surface area (Å²) in [5, 5.41) is 6.15. The molecule has 1 aliphatic heterocycles. The standard InChI is InChI=1S/C19H19Cl2N5O/c1-13-11-14(4-5-16(13)20)24-7-9-25(10-8-24)17(27)12-26-19-15(18(21)23-26)3-2-6-22-19/h2-6,11H,7-10,12H2,1H3. The van der Waals surface area contributed by atoms with Crippen LogP contribution < -0.4 is 4.90 Å². The zero-order chi connectivity index (χ0) is 19.0. The van der Waals surface area contributed by atoms with Crippen LogP contribution in [-0.4, -0.2) is 51.8 Å². The van der Waals surface area contributed by atoms with Crippen LogP contribution in [0.4, 0.5) is 5.69 Å². The van der Waals surface area contributed by atoms with Crippen LogP contribution in [0.25, 0.3) is 11.0 Å². The molecule has 3 aromatic rings. The van der Waals surface area contributed by atoms with E-state index in [1.807, 2.05) is 30.0 Å². The fourth-order valence-corrected chi connectivity index (χ4v) is 3.71. The third kappa shape index (κ3) is 3.59. The van der Waals surface area contributed by atoms with E-state index in [1.54, 1.807) is 16.9 Å². The number of aryl methyl sites for hydroxylation is 1. The molecule has 2 aromatic heterocycles. The second-order valence-electron chi connectivity index (χ2n) is 6.62. The van der Waals surface area contributed by atoms with Crippen molar-refractivity contribution in [3.05, 3.63) is 52.3 Å². The molecule has 140 valence electrons. The highest BCUT2D eigenvalue weighted by Gasteiger charge is 2.23. The molecule has 8 heteroatoms. The number of carbonyl (C=O) groups is 1. The van der Waals surface area contributed by atoms with Gasteiger partial charge in [-0.25, -0.2) is 9.67 Å². The van der Waals surface area contributed by atoms with Crippen LogP contribution in [0.15, 0.2) is 36.5 Å². The molecule has 1 fully saturated rings. The Kier molecular flexibility index (Phi) is 4.93. The van der Waals surface area contributed by atoms with Gasteiger partial charge in [0.15, 0.2) is 10.8 Å². The highest BCUT2D eigenvalue weighted by atomic mass is 35.5. The first-order valence-electron chi connectivity index (χ1n) is 8.79. The SMILES string of the molecule is Cc1cc(N2CCN(C(=O)Cn3nc(Cl)c4cccnc43)CC2)ccc1Cl. The minimum absolute atomic E-state index is 0.0219. The third-order valence-electron chi connectivity index (χ3n) is 4.89. The fourth-order valence-electron chi connectivity index (χ4n) is 3.35. The number of benzene rings is 1. The van der Waals surface area contributed by atoms with Gasteiger partial charge >= 0.3 is 0 Å². The Hall–Kier alpha value is -2.31. The summed E-state index contributed by atoms with van der Waals surface area (Å²) in [6.07, 6.45) is 1.67. The van der Waals surface area contributed by atoms with Crippen molar-refractivity contribution in [2.75, 3.05) is 31.1 Å². The van der Waals surface area contributed by atoms with Gasteiger partial charge in [-0.05, 0) is 42.8 Å². The zero-order valence-corrected chi connectivity index (χ0v) is 16.4. The molecule has 1 aromatic carbocycles. The molecule has 0 atom stereocenters. The van der Waals surface area contributed by atoms with Crippen LogP contribution in [-0.2, 0) is 11.3 Å². The largest absolute Gasteiger partial charge is 0.368 e. The van der Waals surface area contributed by atoms with E-state index < -0.39 is 0 Å². The molecule has 6 nitrogen and oxygen atoms in total. The van der Waals surface area contributed by atoms with Gasteiger partial charge in [0.1, 0.15) is 6.54 Å². The number of carbonyl (C=O) groups excluding carboxylic acids is 1. The Balaban J connectivity index is 1.42. The van der Waals surface area contributed by atoms with Crippen molar-refractivity contribution in [2.24, 2.45) is 0 Å². The number of hydrogen-bond acceptors (Lipinski definition) is 4. The van der Waals surface area contributed by atoms with Crippen molar-refractivity contribution in [1.82, 2.24) is 19.7 Å². The van der Waals surface area contributed by atoms with Gasteiger partial charge in [0.05, 0.1) is 5.39 Å². The van der Waals surface area contributed by atoms with Crippen molar-refractivity contribution in [2.45, 2.75) is 13.5 Å². The van der Waals surface area contributed by atoms with Crippen LogP contribution >= 0.6 is 23.2 Å². The molecule has 0 spiro atoms. The van der Waals surface area contributed by atoms with Gasteiger partial charge in [0.2, 0.25) is 5.91 Å². The van der Waals surface area contributed by atoms with E-state index in [2.05, 4.69) is 21.0 Å². The first-order chi connectivity index (χ1) is 13.0. The number of aromatic nitrogens is 3. The summed E-state index contributed by atoms with van der Waals surface area (Å²) in [7, 11) is 0. The Morgan fingerprint density at radius 1 is 1.15 bits per heavy atom. The van der Waals surface area contributed by atoms with E-state index in [4.69, 9.17) is 23.2 Å². The molecule has 0 unspecified atom stereocenters. The number of nitrogens with zero attached hydrogens (tertiary/aromatic N) is 5. The monoisotopic (exact) mass is 403 g/mol. The molecule has 1 amide bonds. The quantitative estimate of drug-likeness (QED) is 0.672. The molecule has 3 heterocycles. The number of halogens is 2. The molecule has 4 rings (SSSR count). The predicted molar refractivity (Wildman–Crippen MR) is 108 cm³/mol. The Morgan fingerprint density at radius 2 is 1.93 bits per heavy atom. The average molecular weight is 404 g/mol. The summed E-state index contributed by atoms with van der Waals surface area (Å²) in [5.41, 5.74) is 2.83. The topological polar surface area (TPSA) is 54.3 Å². The molecule has 0 aliphatic carbocycles. The van der Waals surface area contributed by atoms with Crippen LogP contribution in [0, 0.1) is 6.92 Å². The van der Waals surface area contributed by atoms with Gasteiger partial charge in [0.25, 0.3) is 0 Å². The van der Waals surface area contributed by atoms with Gasteiger partial charge in [-0.15, -0.1) is 0 Å². The van der Waals surface area contributed by atoms with E-state index in [1.165, 1.54) is 0 Å². The summed E-state index contributed by atoms with van der Waals surface area (Å²) >= 11 is 12.3. The minimum Gasteiger partial charge on any atom is -0.368 e. The maximum Gasteiger partial charge on any atom is 0.244 e. The number of anilines is 1. The second-order valence-corrected chi connectivity index (χ2v) is 7.39. The maximum atomic E-state index is 12.7. The number of pyridine rings is 1. The molecule has 0 saturated carbocycles.